The van der Waals surface area contributed by atoms with Gasteiger partial charge in [-0.1, -0.05) is 22.3 Å². The van der Waals surface area contributed by atoms with Gasteiger partial charge in [-0.05, 0) is 40.5 Å². The minimum absolute atomic E-state index is 0.329. The molecule has 6 heteroatoms. The van der Waals surface area contributed by atoms with E-state index in [4.69, 9.17) is 9.47 Å². The Bertz CT molecular complexity index is 569. The topological polar surface area (TPSA) is 52.6 Å². The molecule has 2 aliphatic rings. The fraction of sp³-hybridized carbons (Fsp3) is 0.667. The molecule has 134 valence electrons. The van der Waals surface area contributed by atoms with Crippen LogP contribution < -0.4 is 0 Å². The Hall–Kier alpha value is -0.880. The first kappa shape index (κ1) is 19.4. The Morgan fingerprint density at radius 2 is 1.08 bits per heavy atom. The van der Waals surface area contributed by atoms with Crippen molar-refractivity contribution < 1.29 is 19.1 Å². The van der Waals surface area contributed by atoms with Crippen molar-refractivity contribution in [1.82, 2.24) is 0 Å². The maximum absolute atomic E-state index is 13.0. The second-order valence-corrected chi connectivity index (χ2v) is 9.24. The summed E-state index contributed by atoms with van der Waals surface area (Å²) in [6, 6.07) is 0. The first-order valence-corrected chi connectivity index (χ1v) is 9.96. The minimum atomic E-state index is -0.953. The van der Waals surface area contributed by atoms with Crippen molar-refractivity contribution in [2.24, 2.45) is 0 Å². The molecule has 4 nitrogen and oxygen atoms in total. The molecule has 0 aromatic heterocycles. The molecule has 0 N–H and O–H groups in total. The molecule has 2 aliphatic heterocycles. The molecule has 0 saturated carbocycles. The van der Waals surface area contributed by atoms with Crippen molar-refractivity contribution in [2.45, 2.75) is 50.0 Å². The third-order valence-corrected chi connectivity index (χ3v) is 8.83. The van der Waals surface area contributed by atoms with Crippen LogP contribution in [0.1, 0.15) is 40.5 Å². The van der Waals surface area contributed by atoms with Gasteiger partial charge in [-0.2, -0.15) is 0 Å². The number of methoxy groups -OCH3 is 2. The van der Waals surface area contributed by atoms with E-state index in [2.05, 4.69) is 13.8 Å². The largest absolute Gasteiger partial charge is 0.468 e. The molecule has 0 radical (unpaired) electrons. The second kappa shape index (κ2) is 7.16. The van der Waals surface area contributed by atoms with Gasteiger partial charge >= 0.3 is 11.9 Å². The van der Waals surface area contributed by atoms with E-state index >= 15 is 0 Å². The highest BCUT2D eigenvalue weighted by molar-refractivity contribution is 8.06. The number of esters is 2. The molecule has 2 heterocycles. The number of rotatable bonds is 3. The summed E-state index contributed by atoms with van der Waals surface area (Å²) in [6.45, 7) is 8.24. The van der Waals surface area contributed by atoms with Crippen LogP contribution in [0, 0.1) is 0 Å². The molecule has 0 spiro atoms. The van der Waals surface area contributed by atoms with Gasteiger partial charge in [0.1, 0.15) is 9.49 Å². The Labute approximate surface area is 152 Å². The van der Waals surface area contributed by atoms with Crippen LogP contribution in [0.5, 0.6) is 0 Å². The highest BCUT2D eigenvalue weighted by Crippen LogP contribution is 2.57. The summed E-state index contributed by atoms with van der Waals surface area (Å²) in [5.74, 6) is 0.790. The van der Waals surface area contributed by atoms with Crippen LogP contribution in [-0.2, 0) is 19.1 Å². The molecule has 2 rings (SSSR count). The van der Waals surface area contributed by atoms with Gasteiger partial charge < -0.3 is 9.47 Å². The van der Waals surface area contributed by atoms with Crippen LogP contribution in [0.2, 0.25) is 0 Å². The van der Waals surface area contributed by atoms with Gasteiger partial charge in [0.15, 0.2) is 0 Å². The number of thioether (sulfide) groups is 2. The summed E-state index contributed by atoms with van der Waals surface area (Å²) in [5, 5.41) is 0. The Balaban J connectivity index is 2.64. The maximum atomic E-state index is 13.0. The molecule has 0 saturated heterocycles. The lowest BCUT2D eigenvalue weighted by Gasteiger charge is -2.49. The van der Waals surface area contributed by atoms with Crippen LogP contribution in [0.4, 0.5) is 0 Å². The fourth-order valence-corrected chi connectivity index (χ4v) is 6.89. The SMILES string of the molecule is COC(=O)C1(C2(C(=O)OC)CC(C)=C(C)CS2)CC(C)=C(C)CS1. The molecular formula is C18H26O4S2. The molecule has 2 atom stereocenters. The smallest absolute Gasteiger partial charge is 0.324 e. The van der Waals surface area contributed by atoms with E-state index < -0.39 is 9.49 Å². The van der Waals surface area contributed by atoms with Gasteiger partial charge in [0.25, 0.3) is 0 Å². The molecule has 0 fully saturated rings. The molecule has 0 aromatic carbocycles. The summed E-state index contributed by atoms with van der Waals surface area (Å²) in [5.41, 5.74) is 4.85. The van der Waals surface area contributed by atoms with Gasteiger partial charge in [0.05, 0.1) is 14.2 Å². The summed E-state index contributed by atoms with van der Waals surface area (Å²) < 4.78 is 8.48. The predicted molar refractivity (Wildman–Crippen MR) is 100 cm³/mol. The Kier molecular flexibility index (Phi) is 5.80. The average Bonchev–Trinajstić information content (AvgIpc) is 2.58. The van der Waals surface area contributed by atoms with E-state index in [-0.39, 0.29) is 11.9 Å². The Morgan fingerprint density at radius 3 is 1.33 bits per heavy atom. The summed E-state index contributed by atoms with van der Waals surface area (Å²) in [7, 11) is 2.80. The molecule has 0 aromatic rings. The number of carbonyl (C=O) groups is 2. The van der Waals surface area contributed by atoms with E-state index in [9.17, 15) is 9.59 Å². The van der Waals surface area contributed by atoms with Crippen molar-refractivity contribution >= 4 is 35.5 Å². The monoisotopic (exact) mass is 370 g/mol. The van der Waals surface area contributed by atoms with E-state index in [1.54, 1.807) is 0 Å². The van der Waals surface area contributed by atoms with Crippen molar-refractivity contribution in [3.05, 3.63) is 22.3 Å². The second-order valence-electron chi connectivity index (χ2n) is 6.69. The summed E-state index contributed by atoms with van der Waals surface area (Å²) in [6.07, 6.45) is 1.04. The molecule has 2 unspecified atom stereocenters. The lowest BCUT2D eigenvalue weighted by atomic mass is 9.79. The standard InChI is InChI=1S/C18H26O4S2/c1-11-7-17(15(19)21-5,23-9-13(11)3)18(16(20)22-6)8-12(2)14(4)10-24-18/h7-10H2,1-6H3. The third kappa shape index (κ3) is 2.92. The van der Waals surface area contributed by atoms with Crippen molar-refractivity contribution in [3.63, 3.8) is 0 Å². The molecule has 24 heavy (non-hydrogen) atoms. The van der Waals surface area contributed by atoms with E-state index in [1.165, 1.54) is 48.9 Å². The minimum Gasteiger partial charge on any atom is -0.468 e. The lowest BCUT2D eigenvalue weighted by molar-refractivity contribution is -0.153. The Morgan fingerprint density at radius 1 is 0.750 bits per heavy atom. The van der Waals surface area contributed by atoms with Gasteiger partial charge in [0, 0.05) is 11.5 Å². The first-order valence-electron chi connectivity index (χ1n) is 7.99. The predicted octanol–water partition coefficient (Wildman–Crippen LogP) is 3.76. The van der Waals surface area contributed by atoms with Crippen LogP contribution in [0.3, 0.4) is 0 Å². The van der Waals surface area contributed by atoms with E-state index in [1.807, 2.05) is 13.8 Å². The highest BCUT2D eigenvalue weighted by Gasteiger charge is 2.64. The first-order chi connectivity index (χ1) is 11.2. The fourth-order valence-electron chi connectivity index (χ4n) is 3.30. The number of allylic oxidation sites excluding steroid dienone is 2. The number of carbonyl (C=O) groups excluding carboxylic acids is 2. The molecular weight excluding hydrogens is 344 g/mol. The molecule has 0 aliphatic carbocycles. The molecule has 0 bridgehead atoms. The van der Waals surface area contributed by atoms with Crippen molar-refractivity contribution in [2.75, 3.05) is 25.7 Å². The lowest BCUT2D eigenvalue weighted by Crippen LogP contribution is -2.62. The van der Waals surface area contributed by atoms with Crippen LogP contribution in [0.25, 0.3) is 0 Å². The highest BCUT2D eigenvalue weighted by atomic mass is 32.2. The summed E-state index contributed by atoms with van der Waals surface area (Å²) >= 11 is 3.06. The zero-order chi connectivity index (χ0) is 18.1. The van der Waals surface area contributed by atoms with Crippen LogP contribution in [0.15, 0.2) is 22.3 Å². The van der Waals surface area contributed by atoms with Gasteiger partial charge in [0.2, 0.25) is 0 Å². The average molecular weight is 371 g/mol. The third-order valence-electron chi connectivity index (χ3n) is 5.24. The number of hydrogen-bond donors (Lipinski definition) is 0. The number of hydrogen-bond acceptors (Lipinski definition) is 6. The van der Waals surface area contributed by atoms with Gasteiger partial charge in [-0.25, -0.2) is 0 Å². The van der Waals surface area contributed by atoms with Crippen LogP contribution in [-0.4, -0.2) is 47.2 Å². The normalized spacial score (nSPS) is 31.1. The van der Waals surface area contributed by atoms with E-state index in [0.717, 1.165) is 22.7 Å². The zero-order valence-electron chi connectivity index (χ0n) is 15.3. The van der Waals surface area contributed by atoms with Crippen molar-refractivity contribution in [1.29, 1.82) is 0 Å². The quantitative estimate of drug-likeness (QED) is 0.557. The van der Waals surface area contributed by atoms with Gasteiger partial charge in [-0.15, -0.1) is 23.5 Å². The van der Waals surface area contributed by atoms with Crippen LogP contribution >= 0.6 is 23.5 Å². The van der Waals surface area contributed by atoms with Gasteiger partial charge in [-0.3, -0.25) is 9.59 Å². The maximum Gasteiger partial charge on any atom is 0.324 e. The summed E-state index contributed by atoms with van der Waals surface area (Å²) in [4.78, 5) is 25.9. The van der Waals surface area contributed by atoms with Crippen molar-refractivity contribution in [3.8, 4) is 0 Å². The van der Waals surface area contributed by atoms with E-state index in [0.29, 0.717) is 12.8 Å². The molecule has 0 amide bonds. The zero-order valence-corrected chi connectivity index (χ0v) is 16.9. The number of ether oxygens (including phenoxy) is 2.